The molecule has 0 saturated heterocycles. The Kier molecular flexibility index (Phi) is 2.92. The van der Waals surface area contributed by atoms with Crippen LogP contribution in [0, 0.1) is 0 Å². The average Bonchev–Trinajstić information content (AvgIpc) is 2.88. The Hall–Kier alpha value is -0.910. The van der Waals surface area contributed by atoms with E-state index in [4.69, 9.17) is 4.52 Å². The lowest BCUT2D eigenvalue weighted by Gasteiger charge is -2.14. The molecule has 6 heteroatoms. The van der Waals surface area contributed by atoms with Crippen LogP contribution in [0.3, 0.4) is 0 Å². The summed E-state index contributed by atoms with van der Waals surface area (Å²) in [7, 11) is -3.18. The van der Waals surface area contributed by atoms with E-state index in [1.54, 1.807) is 6.92 Å². The van der Waals surface area contributed by atoms with Gasteiger partial charge in [0.15, 0.2) is 15.7 Å². The number of nitrogens with zero attached hydrogens (tertiary/aromatic N) is 2. The minimum atomic E-state index is -3.18. The predicted octanol–water partition coefficient (Wildman–Crippen LogP) is 2.37. The minimum absolute atomic E-state index is 0.219. The van der Waals surface area contributed by atoms with E-state index in [1.807, 2.05) is 0 Å². The van der Waals surface area contributed by atoms with Gasteiger partial charge in [-0.1, -0.05) is 18.0 Å². The highest BCUT2D eigenvalue weighted by molar-refractivity contribution is 7.92. The molecule has 1 atom stereocenters. The summed E-state index contributed by atoms with van der Waals surface area (Å²) in [6.07, 6.45) is 5.74. The number of rotatable bonds is 4. The molecular weight excluding hydrogens is 252 g/mol. The van der Waals surface area contributed by atoms with Gasteiger partial charge in [-0.05, 0) is 32.6 Å². The zero-order valence-corrected chi connectivity index (χ0v) is 11.3. The van der Waals surface area contributed by atoms with Crippen LogP contribution in [0.15, 0.2) is 4.52 Å². The smallest absolute Gasteiger partial charge is 0.244 e. The SMILES string of the molecule is CC(c1nc(C2CC2)no1)S(=O)(=O)C1CCCC1. The van der Waals surface area contributed by atoms with E-state index in [9.17, 15) is 8.42 Å². The molecule has 5 nitrogen and oxygen atoms in total. The maximum absolute atomic E-state index is 12.4. The van der Waals surface area contributed by atoms with E-state index in [0.29, 0.717) is 11.7 Å². The highest BCUT2D eigenvalue weighted by Gasteiger charge is 2.38. The van der Waals surface area contributed by atoms with Crippen LogP contribution in [0.4, 0.5) is 0 Å². The van der Waals surface area contributed by atoms with Gasteiger partial charge >= 0.3 is 0 Å². The van der Waals surface area contributed by atoms with E-state index in [-0.39, 0.29) is 11.1 Å². The van der Waals surface area contributed by atoms with Crippen LogP contribution in [-0.2, 0) is 9.84 Å². The third-order valence-corrected chi connectivity index (χ3v) is 6.60. The standard InChI is InChI=1S/C12H18N2O3S/c1-8(18(15,16)10-4-2-3-5-10)12-13-11(14-17-12)9-6-7-9/h8-10H,2-7H2,1H3. The molecule has 0 spiro atoms. The quantitative estimate of drug-likeness (QED) is 0.839. The molecule has 100 valence electrons. The van der Waals surface area contributed by atoms with Crippen LogP contribution < -0.4 is 0 Å². The van der Waals surface area contributed by atoms with Crippen molar-refractivity contribution >= 4 is 9.84 Å². The van der Waals surface area contributed by atoms with Crippen molar-refractivity contribution in [2.45, 2.75) is 61.9 Å². The van der Waals surface area contributed by atoms with Gasteiger partial charge in [0.1, 0.15) is 5.25 Å². The maximum Gasteiger partial charge on any atom is 0.244 e. The lowest BCUT2D eigenvalue weighted by atomic mass is 10.4. The molecule has 0 bridgehead atoms. The van der Waals surface area contributed by atoms with Crippen molar-refractivity contribution in [3.8, 4) is 0 Å². The van der Waals surface area contributed by atoms with Crippen LogP contribution in [0.5, 0.6) is 0 Å². The number of sulfone groups is 1. The van der Waals surface area contributed by atoms with Crippen LogP contribution in [0.2, 0.25) is 0 Å². The maximum atomic E-state index is 12.4. The molecule has 0 aromatic carbocycles. The first-order valence-corrected chi connectivity index (χ1v) is 8.26. The summed E-state index contributed by atoms with van der Waals surface area (Å²) in [4.78, 5) is 4.25. The molecule has 2 saturated carbocycles. The molecule has 3 rings (SSSR count). The van der Waals surface area contributed by atoms with Gasteiger partial charge < -0.3 is 4.52 Å². The van der Waals surface area contributed by atoms with E-state index in [2.05, 4.69) is 10.1 Å². The summed E-state index contributed by atoms with van der Waals surface area (Å²) in [5.74, 6) is 1.34. The first kappa shape index (κ1) is 12.1. The van der Waals surface area contributed by atoms with Gasteiger partial charge in [-0.25, -0.2) is 8.42 Å². The van der Waals surface area contributed by atoms with Gasteiger partial charge in [-0.2, -0.15) is 4.98 Å². The molecule has 2 aliphatic rings. The molecule has 1 heterocycles. The lowest BCUT2D eigenvalue weighted by Crippen LogP contribution is -2.23. The summed E-state index contributed by atoms with van der Waals surface area (Å²) >= 11 is 0. The van der Waals surface area contributed by atoms with Crippen LogP contribution in [-0.4, -0.2) is 23.8 Å². The van der Waals surface area contributed by atoms with E-state index >= 15 is 0 Å². The van der Waals surface area contributed by atoms with Crippen LogP contribution in [0.25, 0.3) is 0 Å². The van der Waals surface area contributed by atoms with Crippen molar-refractivity contribution < 1.29 is 12.9 Å². The molecule has 1 unspecified atom stereocenters. The second kappa shape index (κ2) is 4.33. The third kappa shape index (κ3) is 2.06. The fraction of sp³-hybridized carbons (Fsp3) is 0.833. The van der Waals surface area contributed by atoms with Crippen LogP contribution >= 0.6 is 0 Å². The molecule has 2 fully saturated rings. The largest absolute Gasteiger partial charge is 0.338 e. The fourth-order valence-corrected chi connectivity index (χ4v) is 4.51. The first-order valence-electron chi connectivity index (χ1n) is 6.65. The van der Waals surface area contributed by atoms with Crippen molar-refractivity contribution in [1.82, 2.24) is 10.1 Å². The second-order valence-electron chi connectivity index (χ2n) is 5.40. The molecule has 0 radical (unpaired) electrons. The Labute approximate surface area is 107 Å². The summed E-state index contributed by atoms with van der Waals surface area (Å²) < 4.78 is 29.9. The Balaban J connectivity index is 1.81. The first-order chi connectivity index (χ1) is 8.59. The Morgan fingerprint density at radius 1 is 1.22 bits per heavy atom. The van der Waals surface area contributed by atoms with Gasteiger partial charge in [0.25, 0.3) is 0 Å². The van der Waals surface area contributed by atoms with Crippen molar-refractivity contribution in [3.05, 3.63) is 11.7 Å². The van der Waals surface area contributed by atoms with E-state index in [1.165, 1.54) is 0 Å². The van der Waals surface area contributed by atoms with E-state index in [0.717, 1.165) is 38.5 Å². The Morgan fingerprint density at radius 3 is 2.50 bits per heavy atom. The second-order valence-corrected chi connectivity index (χ2v) is 7.95. The molecule has 1 aromatic heterocycles. The number of hydrogen-bond acceptors (Lipinski definition) is 5. The zero-order chi connectivity index (χ0) is 12.8. The Bertz CT molecular complexity index is 527. The topological polar surface area (TPSA) is 73.1 Å². The summed E-state index contributed by atoms with van der Waals surface area (Å²) in [6.45, 7) is 1.66. The molecule has 2 aliphatic carbocycles. The van der Waals surface area contributed by atoms with Crippen LogP contribution in [0.1, 0.15) is 68.3 Å². The Morgan fingerprint density at radius 2 is 1.89 bits per heavy atom. The lowest BCUT2D eigenvalue weighted by molar-refractivity contribution is 0.370. The van der Waals surface area contributed by atoms with Crippen molar-refractivity contribution in [1.29, 1.82) is 0 Å². The normalized spacial score (nSPS) is 23.4. The predicted molar refractivity (Wildman–Crippen MR) is 65.9 cm³/mol. The fourth-order valence-electron chi connectivity index (χ4n) is 2.57. The molecular formula is C12H18N2O3S. The monoisotopic (exact) mass is 270 g/mol. The summed E-state index contributed by atoms with van der Waals surface area (Å²) in [5.41, 5.74) is 0. The van der Waals surface area contributed by atoms with Gasteiger partial charge in [0, 0.05) is 5.92 Å². The zero-order valence-electron chi connectivity index (χ0n) is 10.5. The van der Waals surface area contributed by atoms with Crippen molar-refractivity contribution in [2.24, 2.45) is 0 Å². The average molecular weight is 270 g/mol. The van der Waals surface area contributed by atoms with E-state index < -0.39 is 15.1 Å². The van der Waals surface area contributed by atoms with Gasteiger partial charge in [0.05, 0.1) is 5.25 Å². The highest BCUT2D eigenvalue weighted by Crippen LogP contribution is 2.39. The summed E-state index contributed by atoms with van der Waals surface area (Å²) in [6, 6.07) is 0. The third-order valence-electron chi connectivity index (χ3n) is 4.01. The number of aromatic nitrogens is 2. The van der Waals surface area contributed by atoms with Gasteiger partial charge in [0.2, 0.25) is 5.89 Å². The van der Waals surface area contributed by atoms with Gasteiger partial charge in [-0.3, -0.25) is 0 Å². The molecule has 1 aromatic rings. The molecule has 18 heavy (non-hydrogen) atoms. The minimum Gasteiger partial charge on any atom is -0.338 e. The summed E-state index contributed by atoms with van der Waals surface area (Å²) in [5, 5.41) is 3.00. The van der Waals surface area contributed by atoms with Crippen molar-refractivity contribution in [3.63, 3.8) is 0 Å². The molecule has 0 aliphatic heterocycles. The molecule has 0 amide bonds. The highest BCUT2D eigenvalue weighted by atomic mass is 32.2. The number of hydrogen-bond donors (Lipinski definition) is 0. The van der Waals surface area contributed by atoms with Gasteiger partial charge in [-0.15, -0.1) is 0 Å². The van der Waals surface area contributed by atoms with Crippen molar-refractivity contribution in [2.75, 3.05) is 0 Å². The molecule has 0 N–H and O–H groups in total.